The third-order valence-electron chi connectivity index (χ3n) is 3.72. The summed E-state index contributed by atoms with van der Waals surface area (Å²) in [5, 5.41) is 7.73. The van der Waals surface area contributed by atoms with Crippen molar-refractivity contribution >= 4 is 28.8 Å². The average molecular weight is 350 g/mol. The molecular weight excluding hydrogens is 332 g/mol. The fourth-order valence-electron chi connectivity index (χ4n) is 2.43. The second-order valence-electron chi connectivity index (χ2n) is 5.58. The van der Waals surface area contributed by atoms with Crippen LogP contribution >= 0.6 is 11.3 Å². The molecule has 3 aromatic rings. The minimum absolute atomic E-state index is 0.0768. The van der Waals surface area contributed by atoms with E-state index in [1.807, 2.05) is 53.9 Å². The standard InChI is InChI=1S/C20H18N2O2S/c1-14(23)21-13-15-8-10-16(11-9-15)20(24)22-18-6-3-2-5-17(18)19-7-4-12-25-19/h2-12H,13H2,1H3,(H,21,23)(H,22,24). The van der Waals surface area contributed by atoms with E-state index in [9.17, 15) is 9.59 Å². The Balaban J connectivity index is 1.74. The number of hydrogen-bond donors (Lipinski definition) is 2. The molecule has 4 nitrogen and oxygen atoms in total. The number of rotatable bonds is 5. The van der Waals surface area contributed by atoms with Crippen LogP contribution in [-0.4, -0.2) is 11.8 Å². The topological polar surface area (TPSA) is 58.2 Å². The molecule has 0 bridgehead atoms. The lowest BCUT2D eigenvalue weighted by Crippen LogP contribution is -2.19. The van der Waals surface area contributed by atoms with Crippen LogP contribution in [0.3, 0.4) is 0 Å². The highest BCUT2D eigenvalue weighted by Crippen LogP contribution is 2.31. The molecule has 0 atom stereocenters. The number of amides is 2. The van der Waals surface area contributed by atoms with Gasteiger partial charge in [0.25, 0.3) is 5.91 Å². The van der Waals surface area contributed by atoms with Gasteiger partial charge in [0, 0.05) is 35.2 Å². The van der Waals surface area contributed by atoms with E-state index in [-0.39, 0.29) is 11.8 Å². The van der Waals surface area contributed by atoms with Crippen LogP contribution in [0.2, 0.25) is 0 Å². The number of carbonyl (C=O) groups excluding carboxylic acids is 2. The maximum Gasteiger partial charge on any atom is 0.255 e. The maximum absolute atomic E-state index is 12.5. The van der Waals surface area contributed by atoms with Crippen molar-refractivity contribution in [2.24, 2.45) is 0 Å². The van der Waals surface area contributed by atoms with Crippen molar-refractivity contribution in [2.45, 2.75) is 13.5 Å². The van der Waals surface area contributed by atoms with Crippen LogP contribution in [0.1, 0.15) is 22.8 Å². The number of hydrogen-bond acceptors (Lipinski definition) is 3. The smallest absolute Gasteiger partial charge is 0.255 e. The van der Waals surface area contributed by atoms with E-state index in [0.717, 1.165) is 21.7 Å². The molecule has 2 aromatic carbocycles. The predicted molar refractivity (Wildman–Crippen MR) is 102 cm³/mol. The molecule has 3 rings (SSSR count). The number of anilines is 1. The number of benzene rings is 2. The molecule has 0 saturated carbocycles. The lowest BCUT2D eigenvalue weighted by atomic mass is 10.1. The molecule has 0 saturated heterocycles. The Labute approximate surface area is 150 Å². The van der Waals surface area contributed by atoms with Crippen LogP contribution in [0.4, 0.5) is 5.69 Å². The second-order valence-corrected chi connectivity index (χ2v) is 6.53. The molecule has 0 aliphatic carbocycles. The fraction of sp³-hybridized carbons (Fsp3) is 0.100. The summed E-state index contributed by atoms with van der Waals surface area (Å²) in [6.45, 7) is 1.94. The molecule has 25 heavy (non-hydrogen) atoms. The molecule has 0 unspecified atom stereocenters. The highest BCUT2D eigenvalue weighted by molar-refractivity contribution is 7.13. The summed E-state index contributed by atoms with van der Waals surface area (Å²) in [6, 6.07) is 19.0. The molecule has 0 aliphatic heterocycles. The predicted octanol–water partition coefficient (Wildman–Crippen LogP) is 4.30. The van der Waals surface area contributed by atoms with Gasteiger partial charge in [-0.3, -0.25) is 9.59 Å². The third kappa shape index (κ3) is 4.33. The van der Waals surface area contributed by atoms with Crippen LogP contribution in [-0.2, 0) is 11.3 Å². The summed E-state index contributed by atoms with van der Waals surface area (Å²) in [5.74, 6) is -0.234. The Morgan fingerprint density at radius 2 is 1.72 bits per heavy atom. The Kier molecular flexibility index (Phi) is 5.26. The van der Waals surface area contributed by atoms with Gasteiger partial charge in [0.05, 0.1) is 0 Å². The van der Waals surface area contributed by atoms with E-state index < -0.39 is 0 Å². The zero-order valence-corrected chi connectivity index (χ0v) is 14.6. The SMILES string of the molecule is CC(=O)NCc1ccc(C(=O)Nc2ccccc2-c2cccs2)cc1. The van der Waals surface area contributed by atoms with Crippen LogP contribution in [0.25, 0.3) is 10.4 Å². The quantitative estimate of drug-likeness (QED) is 0.721. The van der Waals surface area contributed by atoms with Crippen molar-refractivity contribution in [2.75, 3.05) is 5.32 Å². The first-order valence-electron chi connectivity index (χ1n) is 7.91. The Hall–Kier alpha value is -2.92. The van der Waals surface area contributed by atoms with Gasteiger partial charge in [0.15, 0.2) is 0 Å². The summed E-state index contributed by atoms with van der Waals surface area (Å²) >= 11 is 1.64. The summed E-state index contributed by atoms with van der Waals surface area (Å²) < 4.78 is 0. The highest BCUT2D eigenvalue weighted by Gasteiger charge is 2.10. The first-order valence-corrected chi connectivity index (χ1v) is 8.79. The normalized spacial score (nSPS) is 10.3. The fourth-order valence-corrected chi connectivity index (χ4v) is 3.20. The van der Waals surface area contributed by atoms with E-state index in [0.29, 0.717) is 12.1 Å². The molecule has 1 heterocycles. The zero-order chi connectivity index (χ0) is 17.6. The third-order valence-corrected chi connectivity index (χ3v) is 4.62. The summed E-state index contributed by atoms with van der Waals surface area (Å²) in [7, 11) is 0. The Morgan fingerprint density at radius 3 is 2.40 bits per heavy atom. The van der Waals surface area contributed by atoms with Crippen LogP contribution in [0, 0.1) is 0 Å². The number of carbonyl (C=O) groups is 2. The van der Waals surface area contributed by atoms with Gasteiger partial charge < -0.3 is 10.6 Å². The first-order chi connectivity index (χ1) is 12.1. The highest BCUT2D eigenvalue weighted by atomic mass is 32.1. The molecule has 0 fully saturated rings. The summed E-state index contributed by atoms with van der Waals surface area (Å²) in [4.78, 5) is 24.6. The van der Waals surface area contributed by atoms with Gasteiger partial charge in [-0.05, 0) is 35.2 Å². The molecule has 2 amide bonds. The van der Waals surface area contributed by atoms with E-state index in [1.54, 1.807) is 23.5 Å². The van der Waals surface area contributed by atoms with Crippen molar-refractivity contribution < 1.29 is 9.59 Å². The second kappa shape index (κ2) is 7.77. The van der Waals surface area contributed by atoms with Crippen molar-refractivity contribution in [1.29, 1.82) is 0 Å². The van der Waals surface area contributed by atoms with Gasteiger partial charge in [0.2, 0.25) is 5.91 Å². The van der Waals surface area contributed by atoms with Crippen LogP contribution in [0.5, 0.6) is 0 Å². The van der Waals surface area contributed by atoms with Gasteiger partial charge in [-0.2, -0.15) is 0 Å². The molecule has 126 valence electrons. The lowest BCUT2D eigenvalue weighted by Gasteiger charge is -2.10. The summed E-state index contributed by atoms with van der Waals surface area (Å²) in [6.07, 6.45) is 0. The Morgan fingerprint density at radius 1 is 0.960 bits per heavy atom. The molecular formula is C20H18N2O2S. The van der Waals surface area contributed by atoms with E-state index in [2.05, 4.69) is 10.6 Å². The maximum atomic E-state index is 12.5. The monoisotopic (exact) mass is 350 g/mol. The van der Waals surface area contributed by atoms with Crippen molar-refractivity contribution in [3.63, 3.8) is 0 Å². The van der Waals surface area contributed by atoms with Gasteiger partial charge in [0.1, 0.15) is 0 Å². The zero-order valence-electron chi connectivity index (χ0n) is 13.8. The molecule has 2 N–H and O–H groups in total. The summed E-state index contributed by atoms with van der Waals surface area (Å²) in [5.41, 5.74) is 3.32. The largest absolute Gasteiger partial charge is 0.352 e. The molecule has 1 aromatic heterocycles. The average Bonchev–Trinajstić information content (AvgIpc) is 3.15. The molecule has 0 radical (unpaired) electrons. The minimum Gasteiger partial charge on any atom is -0.352 e. The van der Waals surface area contributed by atoms with Crippen molar-refractivity contribution in [3.8, 4) is 10.4 Å². The number of para-hydroxylation sites is 1. The van der Waals surface area contributed by atoms with Gasteiger partial charge in [-0.25, -0.2) is 0 Å². The van der Waals surface area contributed by atoms with Gasteiger partial charge >= 0.3 is 0 Å². The van der Waals surface area contributed by atoms with Crippen LogP contribution in [0.15, 0.2) is 66.0 Å². The van der Waals surface area contributed by atoms with Gasteiger partial charge in [-0.15, -0.1) is 11.3 Å². The van der Waals surface area contributed by atoms with Crippen LogP contribution < -0.4 is 10.6 Å². The first kappa shape index (κ1) is 16.9. The van der Waals surface area contributed by atoms with E-state index >= 15 is 0 Å². The molecule has 5 heteroatoms. The van der Waals surface area contributed by atoms with Crippen molar-refractivity contribution in [1.82, 2.24) is 5.32 Å². The minimum atomic E-state index is -0.157. The number of thiophene rings is 1. The molecule has 0 aliphatic rings. The van der Waals surface area contributed by atoms with E-state index in [4.69, 9.17) is 0 Å². The molecule has 0 spiro atoms. The lowest BCUT2D eigenvalue weighted by molar-refractivity contribution is -0.119. The van der Waals surface area contributed by atoms with Crippen molar-refractivity contribution in [3.05, 3.63) is 77.2 Å². The van der Waals surface area contributed by atoms with Gasteiger partial charge in [-0.1, -0.05) is 36.4 Å². The number of nitrogens with one attached hydrogen (secondary N) is 2. The Bertz CT molecular complexity index is 871. The van der Waals surface area contributed by atoms with E-state index in [1.165, 1.54) is 6.92 Å².